The Labute approximate surface area is 106 Å². The third-order valence-corrected chi connectivity index (χ3v) is 2.77. The summed E-state index contributed by atoms with van der Waals surface area (Å²) in [6.07, 6.45) is 0. The fourth-order valence-electron chi connectivity index (χ4n) is 1.21. The third kappa shape index (κ3) is 4.72. The van der Waals surface area contributed by atoms with Crippen molar-refractivity contribution in [3.63, 3.8) is 0 Å². The topological polar surface area (TPSA) is 95.5 Å². The van der Waals surface area contributed by atoms with Crippen molar-refractivity contribution in [2.75, 3.05) is 5.32 Å². The highest BCUT2D eigenvalue weighted by atomic mass is 32.2. The molecule has 3 N–H and O–H groups in total. The van der Waals surface area contributed by atoms with Crippen molar-refractivity contribution in [1.82, 2.24) is 5.32 Å². The molecule has 1 aromatic rings. The Morgan fingerprint density at radius 2 is 1.67 bits per heavy atom. The van der Waals surface area contributed by atoms with Gasteiger partial charge in [-0.25, -0.2) is 4.79 Å². The summed E-state index contributed by atoms with van der Waals surface area (Å²) in [5, 5.41) is 5.25. The molecule has 0 aliphatic rings. The van der Waals surface area contributed by atoms with Crippen LogP contribution in [-0.4, -0.2) is 24.5 Å². The Morgan fingerprint density at radius 1 is 1.17 bits per heavy atom. The first-order valence-corrected chi connectivity index (χ1v) is 6.69. The van der Waals surface area contributed by atoms with Crippen molar-refractivity contribution in [2.24, 2.45) is 0 Å². The van der Waals surface area contributed by atoms with Gasteiger partial charge in [-0.3, -0.25) is 4.55 Å². The van der Waals surface area contributed by atoms with E-state index in [1.165, 1.54) is 24.3 Å². The van der Waals surface area contributed by atoms with Crippen molar-refractivity contribution in [3.05, 3.63) is 24.3 Å². The smallest absolute Gasteiger partial charge is 0.319 e. The van der Waals surface area contributed by atoms with Crippen LogP contribution < -0.4 is 10.6 Å². The molecule has 0 atom stereocenters. The molecular formula is C11H16N2O4S. The van der Waals surface area contributed by atoms with E-state index in [2.05, 4.69) is 10.6 Å². The number of anilines is 1. The number of amides is 2. The largest absolute Gasteiger partial charge is 0.333 e. The zero-order valence-electron chi connectivity index (χ0n) is 10.4. The molecule has 1 rings (SSSR count). The predicted octanol–water partition coefficient (Wildman–Crippen LogP) is 1.85. The molecule has 18 heavy (non-hydrogen) atoms. The lowest BCUT2D eigenvalue weighted by molar-refractivity contribution is 0.244. The summed E-state index contributed by atoms with van der Waals surface area (Å²) in [7, 11) is -4.21. The zero-order valence-corrected chi connectivity index (χ0v) is 11.2. The first kappa shape index (κ1) is 14.5. The standard InChI is InChI=1S/C11H16N2O4S/c1-11(2,3)13-10(14)12-8-4-6-9(7-5-8)18(15,16)17/h4-7H,1-3H3,(H2,12,13,14)(H,15,16,17). The van der Waals surface area contributed by atoms with Gasteiger partial charge in [0.15, 0.2) is 0 Å². The second-order valence-electron chi connectivity index (χ2n) is 4.83. The van der Waals surface area contributed by atoms with Crippen LogP contribution in [0.1, 0.15) is 20.8 Å². The van der Waals surface area contributed by atoms with Gasteiger partial charge in [0.2, 0.25) is 0 Å². The number of urea groups is 1. The lowest BCUT2D eigenvalue weighted by Crippen LogP contribution is -2.43. The van der Waals surface area contributed by atoms with Gasteiger partial charge >= 0.3 is 6.03 Å². The summed E-state index contributed by atoms with van der Waals surface area (Å²) < 4.78 is 30.4. The molecule has 0 aliphatic heterocycles. The second kappa shape index (κ2) is 4.95. The Balaban J connectivity index is 2.73. The van der Waals surface area contributed by atoms with E-state index >= 15 is 0 Å². The molecule has 0 spiro atoms. The van der Waals surface area contributed by atoms with Gasteiger partial charge in [-0.1, -0.05) is 0 Å². The molecule has 0 aromatic heterocycles. The van der Waals surface area contributed by atoms with E-state index in [1.807, 2.05) is 20.8 Å². The Kier molecular flexibility index (Phi) is 3.98. The minimum absolute atomic E-state index is 0.218. The highest BCUT2D eigenvalue weighted by Gasteiger charge is 2.14. The molecule has 0 fully saturated rings. The van der Waals surface area contributed by atoms with E-state index in [0.29, 0.717) is 5.69 Å². The number of rotatable bonds is 2. The van der Waals surface area contributed by atoms with Crippen LogP contribution in [0.25, 0.3) is 0 Å². The second-order valence-corrected chi connectivity index (χ2v) is 6.25. The van der Waals surface area contributed by atoms with E-state index in [1.54, 1.807) is 0 Å². The van der Waals surface area contributed by atoms with Crippen LogP contribution >= 0.6 is 0 Å². The quantitative estimate of drug-likeness (QED) is 0.716. The van der Waals surface area contributed by atoms with E-state index in [4.69, 9.17) is 4.55 Å². The normalized spacial score (nSPS) is 12.0. The Hall–Kier alpha value is -1.60. The van der Waals surface area contributed by atoms with Gasteiger partial charge in [0.05, 0.1) is 4.90 Å². The molecule has 0 radical (unpaired) electrons. The fraction of sp³-hybridized carbons (Fsp3) is 0.364. The van der Waals surface area contributed by atoms with Crippen molar-refractivity contribution < 1.29 is 17.8 Å². The van der Waals surface area contributed by atoms with Crippen LogP contribution in [-0.2, 0) is 10.1 Å². The van der Waals surface area contributed by atoms with Crippen LogP contribution in [0.5, 0.6) is 0 Å². The van der Waals surface area contributed by atoms with Gasteiger partial charge < -0.3 is 10.6 Å². The van der Waals surface area contributed by atoms with Crippen molar-refractivity contribution in [3.8, 4) is 0 Å². The Bertz CT molecular complexity index is 529. The number of hydrogen-bond acceptors (Lipinski definition) is 3. The van der Waals surface area contributed by atoms with E-state index < -0.39 is 10.1 Å². The molecule has 0 unspecified atom stereocenters. The summed E-state index contributed by atoms with van der Waals surface area (Å²) in [5.74, 6) is 0. The van der Waals surface area contributed by atoms with Crippen LogP contribution in [0, 0.1) is 0 Å². The highest BCUT2D eigenvalue weighted by Crippen LogP contribution is 2.13. The van der Waals surface area contributed by atoms with Crippen LogP contribution in [0.15, 0.2) is 29.2 Å². The maximum atomic E-state index is 11.5. The summed E-state index contributed by atoms with van der Waals surface area (Å²) in [6, 6.07) is 4.82. The summed E-state index contributed by atoms with van der Waals surface area (Å²) in [5.41, 5.74) is 0.0718. The number of benzene rings is 1. The third-order valence-electron chi connectivity index (χ3n) is 1.90. The Morgan fingerprint density at radius 3 is 2.06 bits per heavy atom. The first-order valence-electron chi connectivity index (χ1n) is 5.25. The number of carbonyl (C=O) groups excluding carboxylic acids is 1. The molecule has 0 heterocycles. The van der Waals surface area contributed by atoms with Crippen LogP contribution in [0.3, 0.4) is 0 Å². The monoisotopic (exact) mass is 272 g/mol. The minimum atomic E-state index is -4.21. The van der Waals surface area contributed by atoms with Crippen LogP contribution in [0.2, 0.25) is 0 Å². The molecule has 1 aromatic carbocycles. The number of hydrogen-bond donors (Lipinski definition) is 3. The van der Waals surface area contributed by atoms with E-state index in [9.17, 15) is 13.2 Å². The van der Waals surface area contributed by atoms with E-state index in [0.717, 1.165) is 0 Å². The lowest BCUT2D eigenvalue weighted by atomic mass is 10.1. The van der Waals surface area contributed by atoms with Gasteiger partial charge in [0.25, 0.3) is 10.1 Å². The van der Waals surface area contributed by atoms with E-state index in [-0.39, 0.29) is 16.5 Å². The average Bonchev–Trinajstić information content (AvgIpc) is 2.13. The SMILES string of the molecule is CC(C)(C)NC(=O)Nc1ccc(S(=O)(=O)O)cc1. The molecule has 0 saturated carbocycles. The predicted molar refractivity (Wildman–Crippen MR) is 68.2 cm³/mol. The average molecular weight is 272 g/mol. The summed E-state index contributed by atoms with van der Waals surface area (Å²) in [4.78, 5) is 11.3. The molecule has 2 amide bonds. The highest BCUT2D eigenvalue weighted by molar-refractivity contribution is 7.85. The lowest BCUT2D eigenvalue weighted by Gasteiger charge is -2.20. The first-order chi connectivity index (χ1) is 8.08. The fourth-order valence-corrected chi connectivity index (χ4v) is 1.69. The maximum absolute atomic E-state index is 11.5. The molecule has 7 heteroatoms. The van der Waals surface area contributed by atoms with Gasteiger partial charge in [-0.05, 0) is 45.0 Å². The van der Waals surface area contributed by atoms with Crippen molar-refractivity contribution in [1.29, 1.82) is 0 Å². The van der Waals surface area contributed by atoms with Crippen molar-refractivity contribution >= 4 is 21.8 Å². The minimum Gasteiger partial charge on any atom is -0.333 e. The molecule has 0 bridgehead atoms. The molecule has 0 saturated heterocycles. The summed E-state index contributed by atoms with van der Waals surface area (Å²) >= 11 is 0. The molecule has 0 aliphatic carbocycles. The van der Waals surface area contributed by atoms with Crippen LogP contribution in [0.4, 0.5) is 10.5 Å². The number of carbonyl (C=O) groups is 1. The van der Waals surface area contributed by atoms with Crippen molar-refractivity contribution in [2.45, 2.75) is 31.2 Å². The molecule has 100 valence electrons. The maximum Gasteiger partial charge on any atom is 0.319 e. The summed E-state index contributed by atoms with van der Waals surface area (Å²) in [6.45, 7) is 5.52. The number of nitrogens with one attached hydrogen (secondary N) is 2. The van der Waals surface area contributed by atoms with Gasteiger partial charge in [-0.2, -0.15) is 8.42 Å². The zero-order chi connectivity index (χ0) is 14.0. The molecule has 6 nitrogen and oxygen atoms in total. The van der Waals surface area contributed by atoms with Gasteiger partial charge in [-0.15, -0.1) is 0 Å². The van der Waals surface area contributed by atoms with Gasteiger partial charge in [0.1, 0.15) is 0 Å². The molecular weight excluding hydrogens is 256 g/mol. The van der Waals surface area contributed by atoms with Gasteiger partial charge in [0, 0.05) is 11.2 Å².